The molecule has 0 bridgehead atoms. The number of nitrogens with one attached hydrogen (secondary N) is 1. The molecule has 1 unspecified atom stereocenters. The maximum absolute atomic E-state index is 12.6. The number of aromatic nitrogens is 2. The second-order valence-electron chi connectivity index (χ2n) is 6.29. The predicted octanol–water partition coefficient (Wildman–Crippen LogP) is 1.07. The number of carbonyl (C=O) groups excluding carboxylic acids is 1. The van der Waals surface area contributed by atoms with Crippen molar-refractivity contribution < 1.29 is 4.79 Å². The van der Waals surface area contributed by atoms with E-state index >= 15 is 0 Å². The number of aromatic amines is 1. The summed E-state index contributed by atoms with van der Waals surface area (Å²) in [5.41, 5.74) is 2.32. The molecule has 5 nitrogen and oxygen atoms in total. The molecule has 1 atom stereocenters. The van der Waals surface area contributed by atoms with Gasteiger partial charge < -0.3 is 14.8 Å². The number of fused-ring (bicyclic) bond motifs is 1. The first-order chi connectivity index (χ1) is 9.65. The number of hydrogen-bond acceptors (Lipinski definition) is 3. The van der Waals surface area contributed by atoms with Gasteiger partial charge in [-0.3, -0.25) is 4.79 Å². The van der Waals surface area contributed by atoms with Crippen molar-refractivity contribution in [1.82, 2.24) is 19.8 Å². The van der Waals surface area contributed by atoms with Crippen LogP contribution in [0.3, 0.4) is 0 Å². The SMILES string of the molecule is CN(C)C1CCN(C(=O)C2CCc3nc[nH]c3C2)CC1. The number of rotatable bonds is 2. The summed E-state index contributed by atoms with van der Waals surface area (Å²) in [4.78, 5) is 24.5. The van der Waals surface area contributed by atoms with Gasteiger partial charge in [-0.25, -0.2) is 4.98 Å². The largest absolute Gasteiger partial charge is 0.348 e. The van der Waals surface area contributed by atoms with Crippen molar-refractivity contribution in [2.24, 2.45) is 5.92 Å². The molecule has 1 N–H and O–H groups in total. The van der Waals surface area contributed by atoms with E-state index in [1.165, 1.54) is 0 Å². The minimum absolute atomic E-state index is 0.152. The molecule has 0 aromatic carbocycles. The van der Waals surface area contributed by atoms with Gasteiger partial charge in [0.05, 0.1) is 12.0 Å². The second kappa shape index (κ2) is 5.56. The fourth-order valence-electron chi connectivity index (χ4n) is 3.47. The molecule has 20 heavy (non-hydrogen) atoms. The van der Waals surface area contributed by atoms with Crippen molar-refractivity contribution in [3.05, 3.63) is 17.7 Å². The van der Waals surface area contributed by atoms with Crippen LogP contribution in [-0.4, -0.2) is 58.9 Å². The van der Waals surface area contributed by atoms with Crippen LogP contribution in [0.25, 0.3) is 0 Å². The average molecular weight is 276 g/mol. The van der Waals surface area contributed by atoms with Crippen LogP contribution in [0, 0.1) is 5.92 Å². The smallest absolute Gasteiger partial charge is 0.226 e. The summed E-state index contributed by atoms with van der Waals surface area (Å²) in [6, 6.07) is 0.629. The summed E-state index contributed by atoms with van der Waals surface area (Å²) >= 11 is 0. The van der Waals surface area contributed by atoms with Crippen molar-refractivity contribution in [1.29, 1.82) is 0 Å². The summed E-state index contributed by atoms with van der Waals surface area (Å²) < 4.78 is 0. The monoisotopic (exact) mass is 276 g/mol. The van der Waals surface area contributed by atoms with Gasteiger partial charge in [-0.2, -0.15) is 0 Å². The summed E-state index contributed by atoms with van der Waals surface area (Å²) in [7, 11) is 4.26. The van der Waals surface area contributed by atoms with Gasteiger partial charge in [-0.05, 0) is 39.8 Å². The van der Waals surface area contributed by atoms with Crippen LogP contribution < -0.4 is 0 Å². The predicted molar refractivity (Wildman–Crippen MR) is 77.4 cm³/mol. The number of H-pyrrole nitrogens is 1. The first kappa shape index (κ1) is 13.6. The van der Waals surface area contributed by atoms with Crippen molar-refractivity contribution in [3.63, 3.8) is 0 Å². The topological polar surface area (TPSA) is 52.2 Å². The number of imidazole rings is 1. The van der Waals surface area contributed by atoms with E-state index in [4.69, 9.17) is 0 Å². The first-order valence-electron chi connectivity index (χ1n) is 7.61. The minimum Gasteiger partial charge on any atom is -0.348 e. The summed E-state index contributed by atoms with van der Waals surface area (Å²) in [6.45, 7) is 1.82. The molecule has 1 aliphatic heterocycles. The number of aryl methyl sites for hydroxylation is 1. The molecule has 0 spiro atoms. The van der Waals surface area contributed by atoms with Gasteiger partial charge >= 0.3 is 0 Å². The third-order valence-electron chi connectivity index (χ3n) is 4.84. The fourth-order valence-corrected chi connectivity index (χ4v) is 3.47. The van der Waals surface area contributed by atoms with E-state index in [1.54, 1.807) is 6.33 Å². The molecule has 2 aliphatic rings. The first-order valence-corrected chi connectivity index (χ1v) is 7.61. The van der Waals surface area contributed by atoms with Crippen LogP contribution in [0.2, 0.25) is 0 Å². The van der Waals surface area contributed by atoms with Gasteiger partial charge in [0, 0.05) is 37.2 Å². The number of likely N-dealkylation sites (tertiary alicyclic amines) is 1. The number of amides is 1. The lowest BCUT2D eigenvalue weighted by molar-refractivity contribution is -0.137. The highest BCUT2D eigenvalue weighted by molar-refractivity contribution is 5.79. The molecule has 1 aromatic heterocycles. The van der Waals surface area contributed by atoms with E-state index in [9.17, 15) is 4.79 Å². The van der Waals surface area contributed by atoms with E-state index in [0.29, 0.717) is 11.9 Å². The van der Waals surface area contributed by atoms with Gasteiger partial charge in [-0.1, -0.05) is 0 Å². The fraction of sp³-hybridized carbons (Fsp3) is 0.733. The maximum Gasteiger partial charge on any atom is 0.226 e. The summed E-state index contributed by atoms with van der Waals surface area (Å²) in [6.07, 6.45) is 6.66. The van der Waals surface area contributed by atoms with Crippen molar-refractivity contribution in [2.45, 2.75) is 38.1 Å². The Morgan fingerprint density at radius 2 is 2.10 bits per heavy atom. The van der Waals surface area contributed by atoms with Gasteiger partial charge in [0.25, 0.3) is 0 Å². The zero-order valence-corrected chi connectivity index (χ0v) is 12.4. The highest BCUT2D eigenvalue weighted by Gasteiger charge is 2.31. The van der Waals surface area contributed by atoms with Gasteiger partial charge in [0.1, 0.15) is 0 Å². The van der Waals surface area contributed by atoms with Crippen LogP contribution in [0.4, 0.5) is 0 Å². The molecule has 2 heterocycles. The second-order valence-corrected chi connectivity index (χ2v) is 6.29. The molecular formula is C15H24N4O. The number of piperidine rings is 1. The molecule has 1 aromatic rings. The molecule has 1 amide bonds. The summed E-state index contributed by atoms with van der Waals surface area (Å²) in [5.74, 6) is 0.501. The van der Waals surface area contributed by atoms with Gasteiger partial charge in [-0.15, -0.1) is 0 Å². The Balaban J connectivity index is 1.58. The molecule has 0 radical (unpaired) electrons. The molecule has 1 aliphatic carbocycles. The number of nitrogens with zero attached hydrogens (tertiary/aromatic N) is 3. The molecular weight excluding hydrogens is 252 g/mol. The highest BCUT2D eigenvalue weighted by Crippen LogP contribution is 2.26. The van der Waals surface area contributed by atoms with Gasteiger partial charge in [0.2, 0.25) is 5.91 Å². The Hall–Kier alpha value is -1.36. The van der Waals surface area contributed by atoms with Crippen molar-refractivity contribution in [3.8, 4) is 0 Å². The molecule has 1 saturated heterocycles. The van der Waals surface area contributed by atoms with Gasteiger partial charge in [0.15, 0.2) is 0 Å². The molecule has 1 fully saturated rings. The average Bonchev–Trinajstić information content (AvgIpc) is 2.94. The van der Waals surface area contributed by atoms with Crippen molar-refractivity contribution in [2.75, 3.05) is 27.2 Å². The maximum atomic E-state index is 12.6. The lowest BCUT2D eigenvalue weighted by Gasteiger charge is -2.37. The van der Waals surface area contributed by atoms with Crippen LogP contribution in [0.15, 0.2) is 6.33 Å². The Morgan fingerprint density at radius 3 is 2.80 bits per heavy atom. The normalized spacial score (nSPS) is 23.9. The zero-order chi connectivity index (χ0) is 14.1. The van der Waals surface area contributed by atoms with Crippen LogP contribution in [0.5, 0.6) is 0 Å². The van der Waals surface area contributed by atoms with E-state index < -0.39 is 0 Å². The minimum atomic E-state index is 0.152. The third-order valence-corrected chi connectivity index (χ3v) is 4.84. The Labute approximate surface area is 120 Å². The van der Waals surface area contributed by atoms with E-state index in [0.717, 1.165) is 56.6 Å². The summed E-state index contributed by atoms with van der Waals surface area (Å²) in [5, 5.41) is 0. The number of hydrogen-bond donors (Lipinski definition) is 1. The standard InChI is InChI=1S/C15H24N4O/c1-18(2)12-5-7-19(8-6-12)15(20)11-3-4-13-14(9-11)17-10-16-13/h10-12H,3-9H2,1-2H3,(H,16,17). The van der Waals surface area contributed by atoms with Crippen LogP contribution >= 0.6 is 0 Å². The van der Waals surface area contributed by atoms with Crippen molar-refractivity contribution >= 4 is 5.91 Å². The zero-order valence-electron chi connectivity index (χ0n) is 12.4. The molecule has 0 saturated carbocycles. The van der Waals surface area contributed by atoms with Crippen LogP contribution in [0.1, 0.15) is 30.7 Å². The Bertz CT molecular complexity index is 474. The lowest BCUT2D eigenvalue weighted by Crippen LogP contribution is -2.47. The molecule has 110 valence electrons. The van der Waals surface area contributed by atoms with E-state index in [1.807, 2.05) is 0 Å². The molecule has 3 rings (SSSR count). The lowest BCUT2D eigenvalue weighted by atomic mass is 9.88. The number of carbonyl (C=O) groups is 1. The van der Waals surface area contributed by atoms with E-state index in [-0.39, 0.29) is 5.92 Å². The highest BCUT2D eigenvalue weighted by atomic mass is 16.2. The van der Waals surface area contributed by atoms with Crippen LogP contribution in [-0.2, 0) is 17.6 Å². The van der Waals surface area contributed by atoms with E-state index in [2.05, 4.69) is 33.9 Å². The Morgan fingerprint density at radius 1 is 1.35 bits per heavy atom. The molecule has 5 heteroatoms. The third kappa shape index (κ3) is 2.59. The quantitative estimate of drug-likeness (QED) is 0.879. The Kier molecular flexibility index (Phi) is 3.78.